The van der Waals surface area contributed by atoms with Crippen LogP contribution in [0, 0.1) is 0 Å². The molecular weight excluding hydrogens is 244 g/mol. The molecule has 0 unspecified atom stereocenters. The molecule has 3 rings (SSSR count). The molecule has 2 heteroatoms. The van der Waals surface area contributed by atoms with E-state index in [1.54, 1.807) is 0 Å². The normalized spacial score (nSPS) is 12.0. The molecule has 0 fully saturated rings. The first-order valence-electron chi connectivity index (χ1n) is 6.97. The highest BCUT2D eigenvalue weighted by molar-refractivity contribution is 5.85. The molecule has 0 aliphatic carbocycles. The molecule has 102 valence electrons. The van der Waals surface area contributed by atoms with Gasteiger partial charge in [0.05, 0.1) is 0 Å². The van der Waals surface area contributed by atoms with E-state index in [0.29, 0.717) is 0 Å². The third kappa shape index (κ3) is 2.22. The van der Waals surface area contributed by atoms with Gasteiger partial charge in [-0.3, -0.25) is 4.98 Å². The number of aromatic nitrogens is 2. The third-order valence-electron chi connectivity index (χ3n) is 3.75. The minimum Gasteiger partial charge on any atom is -0.351 e. The van der Waals surface area contributed by atoms with E-state index < -0.39 is 0 Å². The van der Waals surface area contributed by atoms with Crippen LogP contribution < -0.4 is 0 Å². The molecule has 0 N–H and O–H groups in total. The maximum Gasteiger partial charge on any atom is 0.0483 e. The lowest BCUT2D eigenvalue weighted by atomic mass is 9.90. The molecule has 0 bridgehead atoms. The number of rotatable bonds is 1. The van der Waals surface area contributed by atoms with Crippen LogP contribution in [0.1, 0.15) is 26.5 Å². The Morgan fingerprint density at radius 3 is 2.45 bits per heavy atom. The molecule has 0 aliphatic heterocycles. The summed E-state index contributed by atoms with van der Waals surface area (Å²) in [5.74, 6) is 0. The van der Waals surface area contributed by atoms with Crippen molar-refractivity contribution < 1.29 is 0 Å². The summed E-state index contributed by atoms with van der Waals surface area (Å²) in [4.78, 5) is 4.50. The van der Waals surface area contributed by atoms with E-state index >= 15 is 0 Å². The van der Waals surface area contributed by atoms with Crippen molar-refractivity contribution in [1.82, 2.24) is 9.55 Å². The SMILES string of the molecule is Cn1ccc2ccc(-c3ccnc(C(C)(C)C)c3)cc21. The lowest BCUT2D eigenvalue weighted by Crippen LogP contribution is -2.13. The molecule has 2 aromatic heterocycles. The van der Waals surface area contributed by atoms with Crippen LogP contribution in [0.5, 0.6) is 0 Å². The molecule has 0 amide bonds. The Kier molecular flexibility index (Phi) is 2.89. The van der Waals surface area contributed by atoms with Gasteiger partial charge in [0.2, 0.25) is 0 Å². The molecule has 0 saturated carbocycles. The number of nitrogens with zero attached hydrogens (tertiary/aromatic N) is 2. The van der Waals surface area contributed by atoms with E-state index in [0.717, 1.165) is 5.69 Å². The number of aryl methyl sites for hydroxylation is 1. The van der Waals surface area contributed by atoms with Crippen molar-refractivity contribution in [2.75, 3.05) is 0 Å². The van der Waals surface area contributed by atoms with Gasteiger partial charge in [0.1, 0.15) is 0 Å². The zero-order valence-corrected chi connectivity index (χ0v) is 12.5. The van der Waals surface area contributed by atoms with E-state index in [1.807, 2.05) is 6.20 Å². The minimum absolute atomic E-state index is 0.0745. The van der Waals surface area contributed by atoms with Crippen molar-refractivity contribution >= 4 is 10.9 Å². The average molecular weight is 264 g/mol. The number of fused-ring (bicyclic) bond motifs is 1. The fourth-order valence-electron chi connectivity index (χ4n) is 2.46. The van der Waals surface area contributed by atoms with E-state index in [-0.39, 0.29) is 5.41 Å². The first-order valence-corrected chi connectivity index (χ1v) is 6.97. The maximum atomic E-state index is 4.50. The summed E-state index contributed by atoms with van der Waals surface area (Å²) in [5.41, 5.74) is 4.93. The van der Waals surface area contributed by atoms with E-state index in [4.69, 9.17) is 0 Å². The van der Waals surface area contributed by atoms with Crippen molar-refractivity contribution in [3.05, 3.63) is 54.5 Å². The van der Waals surface area contributed by atoms with E-state index in [2.05, 4.69) is 80.0 Å². The molecule has 3 aromatic rings. The van der Waals surface area contributed by atoms with Crippen LogP contribution >= 0.6 is 0 Å². The largest absolute Gasteiger partial charge is 0.351 e. The van der Waals surface area contributed by atoms with Gasteiger partial charge in [-0.1, -0.05) is 32.9 Å². The van der Waals surface area contributed by atoms with Gasteiger partial charge in [-0.05, 0) is 40.8 Å². The second kappa shape index (κ2) is 4.48. The average Bonchev–Trinajstić information content (AvgIpc) is 2.79. The Balaban J connectivity index is 2.13. The lowest BCUT2D eigenvalue weighted by Gasteiger charge is -2.18. The monoisotopic (exact) mass is 264 g/mol. The van der Waals surface area contributed by atoms with Crippen molar-refractivity contribution in [2.24, 2.45) is 7.05 Å². The van der Waals surface area contributed by atoms with Crippen LogP contribution in [-0.4, -0.2) is 9.55 Å². The molecule has 1 aromatic carbocycles. The first-order chi connectivity index (χ1) is 9.45. The highest BCUT2D eigenvalue weighted by Crippen LogP contribution is 2.28. The molecule has 0 spiro atoms. The first kappa shape index (κ1) is 12.9. The summed E-state index contributed by atoms with van der Waals surface area (Å²) >= 11 is 0. The summed E-state index contributed by atoms with van der Waals surface area (Å²) in [7, 11) is 2.08. The molecule has 2 heterocycles. The van der Waals surface area contributed by atoms with Crippen LogP contribution in [0.3, 0.4) is 0 Å². The molecule has 0 aliphatic rings. The quantitative estimate of drug-likeness (QED) is 0.631. The van der Waals surface area contributed by atoms with Crippen LogP contribution in [0.2, 0.25) is 0 Å². The molecular formula is C18H20N2. The van der Waals surface area contributed by atoms with Gasteiger partial charge >= 0.3 is 0 Å². The smallest absolute Gasteiger partial charge is 0.0483 e. The molecule has 0 radical (unpaired) electrons. The Morgan fingerprint density at radius 1 is 0.950 bits per heavy atom. The summed E-state index contributed by atoms with van der Waals surface area (Å²) in [5, 5.41) is 1.28. The molecule has 0 saturated heterocycles. The van der Waals surface area contributed by atoms with Crippen molar-refractivity contribution in [3.63, 3.8) is 0 Å². The minimum atomic E-state index is 0.0745. The number of hydrogen-bond donors (Lipinski definition) is 0. The van der Waals surface area contributed by atoms with Gasteiger partial charge in [-0.15, -0.1) is 0 Å². The van der Waals surface area contributed by atoms with Gasteiger partial charge < -0.3 is 4.57 Å². The van der Waals surface area contributed by atoms with Crippen molar-refractivity contribution in [2.45, 2.75) is 26.2 Å². The van der Waals surface area contributed by atoms with Crippen molar-refractivity contribution in [3.8, 4) is 11.1 Å². The van der Waals surface area contributed by atoms with E-state index in [1.165, 1.54) is 22.0 Å². The van der Waals surface area contributed by atoms with Crippen LogP contribution in [-0.2, 0) is 12.5 Å². The van der Waals surface area contributed by atoms with Crippen LogP contribution in [0.15, 0.2) is 48.8 Å². The zero-order chi connectivity index (χ0) is 14.3. The Labute approximate surface area is 120 Å². The molecule has 0 atom stereocenters. The third-order valence-corrected chi connectivity index (χ3v) is 3.75. The molecule has 2 nitrogen and oxygen atoms in total. The highest BCUT2D eigenvalue weighted by Gasteiger charge is 2.15. The summed E-state index contributed by atoms with van der Waals surface area (Å²) in [6.45, 7) is 6.58. The summed E-state index contributed by atoms with van der Waals surface area (Å²) in [6, 6.07) is 13.0. The Hall–Kier alpha value is -2.09. The lowest BCUT2D eigenvalue weighted by molar-refractivity contribution is 0.569. The second-order valence-electron chi connectivity index (χ2n) is 6.38. The highest BCUT2D eigenvalue weighted by atomic mass is 14.9. The van der Waals surface area contributed by atoms with Gasteiger partial charge in [0, 0.05) is 36.1 Å². The topological polar surface area (TPSA) is 17.8 Å². The predicted molar refractivity (Wildman–Crippen MR) is 84.9 cm³/mol. The maximum absolute atomic E-state index is 4.50. The van der Waals surface area contributed by atoms with Crippen molar-refractivity contribution in [1.29, 1.82) is 0 Å². The Morgan fingerprint density at radius 2 is 1.70 bits per heavy atom. The standard InChI is InChI=1S/C18H20N2/c1-18(2,3)17-12-15(7-9-19-17)14-6-5-13-8-10-20(4)16(13)11-14/h5-12H,1-4H3. The molecule has 20 heavy (non-hydrogen) atoms. The van der Waals surface area contributed by atoms with Gasteiger partial charge in [-0.25, -0.2) is 0 Å². The fraction of sp³-hybridized carbons (Fsp3) is 0.278. The summed E-state index contributed by atoms with van der Waals surface area (Å²) < 4.78 is 2.16. The van der Waals surface area contributed by atoms with Gasteiger partial charge in [-0.2, -0.15) is 0 Å². The zero-order valence-electron chi connectivity index (χ0n) is 12.5. The van der Waals surface area contributed by atoms with E-state index in [9.17, 15) is 0 Å². The van der Waals surface area contributed by atoms with Crippen LogP contribution in [0.4, 0.5) is 0 Å². The second-order valence-corrected chi connectivity index (χ2v) is 6.38. The predicted octanol–water partition coefficient (Wildman–Crippen LogP) is 4.54. The van der Waals surface area contributed by atoms with Crippen LogP contribution in [0.25, 0.3) is 22.0 Å². The fourth-order valence-corrected chi connectivity index (χ4v) is 2.46. The number of pyridine rings is 1. The number of hydrogen-bond acceptors (Lipinski definition) is 1. The summed E-state index contributed by atoms with van der Waals surface area (Å²) in [6.07, 6.45) is 4.01. The van der Waals surface area contributed by atoms with Gasteiger partial charge in [0.15, 0.2) is 0 Å². The Bertz CT molecular complexity index is 760. The van der Waals surface area contributed by atoms with Gasteiger partial charge in [0.25, 0.3) is 0 Å². The number of benzene rings is 1.